The summed E-state index contributed by atoms with van der Waals surface area (Å²) in [6.45, 7) is 4.16. The van der Waals surface area contributed by atoms with Crippen LogP contribution < -0.4 is 4.74 Å². The Bertz CT molecular complexity index is 7560. The molecule has 34 rings (SSSR count). The zero-order chi connectivity index (χ0) is 53.6. The molecule has 1 aliphatic heterocycles. The van der Waals surface area contributed by atoms with Gasteiger partial charge in [-0.1, -0.05) is 103 Å². The third-order valence-corrected chi connectivity index (χ3v) is 29.9. The summed E-state index contributed by atoms with van der Waals surface area (Å²) in [4.78, 5) is 2.97. The summed E-state index contributed by atoms with van der Waals surface area (Å²) in [6, 6.07) is 10.1. The Morgan fingerprint density at radius 3 is 0.759 bits per heavy atom. The Balaban J connectivity index is 0.731. The molecule has 394 valence electrons. The predicted octanol–water partition coefficient (Wildman–Crippen LogP) is 23.8. The third kappa shape index (κ3) is 2.62. The number of likely N-dealkylation sites (N-methyl/N-ethyl adjacent to an activating group) is 1. The SMILES string of the molecule is CCCCCCCCCCCCCCCCOc1ccc(C2N(C)CC34c5c6c7c8c9c%10c(c%11c%12c3c3c5c5c%13c6c6c7c7c9c9c%14c%10c%10c%11c%11c%12c%12c3c3c5c5c%13c%13c6c6c7c9c7c9c%14c%10c%10c%11c%11c%12c3c3c5c5c%13c6c7c6c9c%10c%11c3c56)C824)cc1. The van der Waals surface area contributed by atoms with Crippen molar-refractivity contribution >= 4 is 291 Å². The standard InChI is InChI=1S/C85H43NO/c1-3-4-5-6-7-8-9-10-11-12-13-14-15-16-21-87-24-19-17-23(18-20-24)83-85-81-75-69-59-47-39-31-27-25-26-29-33(31)41(47)51-45-37(29)38-30(26)34-32-28(25)36-35(27)43-49(39)57-63-53(43)54-44(36)50-40(32)48-42(34)52-46(38)56-55(45)67(61(51)69)77(81)78-68(56)62(52)70-60(48)66-58(50)64(54)72-71(63)79(73(75)65(57)59)84(85,22-86(83)2)80(72)74(66)76(70)82(78)85/h17-20,83H,3-16,21-22H2,1-2H3. The van der Waals surface area contributed by atoms with E-state index in [1.165, 1.54) is 89.0 Å². The van der Waals surface area contributed by atoms with Gasteiger partial charge in [0.1, 0.15) is 5.75 Å². The molecular formula is C85H43NO. The first kappa shape index (κ1) is 38.6. The number of hydrogen-bond acceptors (Lipinski definition) is 2. The van der Waals surface area contributed by atoms with Crippen molar-refractivity contribution in [3.63, 3.8) is 0 Å². The lowest BCUT2D eigenvalue weighted by molar-refractivity contribution is 0.270. The highest BCUT2D eigenvalue weighted by atomic mass is 16.5. The average molecular weight is 1090 g/mol. The van der Waals surface area contributed by atoms with Crippen LogP contribution in [0.25, 0.3) is 291 Å². The molecule has 2 heteroatoms. The van der Waals surface area contributed by atoms with E-state index in [4.69, 9.17) is 4.74 Å². The molecule has 1 saturated heterocycles. The first-order valence-corrected chi connectivity index (χ1v) is 34.5. The Hall–Kier alpha value is -8.56. The van der Waals surface area contributed by atoms with E-state index in [0.717, 1.165) is 25.3 Å². The van der Waals surface area contributed by atoms with Gasteiger partial charge in [0, 0.05) is 12.6 Å². The van der Waals surface area contributed by atoms with Gasteiger partial charge in [-0.05, 0) is 344 Å². The van der Waals surface area contributed by atoms with Crippen molar-refractivity contribution in [3.8, 4) is 5.75 Å². The molecule has 2 spiro atoms. The van der Waals surface area contributed by atoms with Crippen LogP contribution in [0.1, 0.15) is 131 Å². The molecular weight excluding hydrogens is 1050 g/mol. The van der Waals surface area contributed by atoms with Gasteiger partial charge >= 0.3 is 0 Å². The number of ether oxygens (including phenoxy) is 1. The monoisotopic (exact) mass is 1090 g/mol. The molecule has 0 aromatic heterocycles. The normalized spacial score (nSPS) is 21.6. The molecule has 1 atom stereocenters. The molecule has 0 amide bonds. The second-order valence-corrected chi connectivity index (χ2v) is 31.8. The first-order valence-electron chi connectivity index (χ1n) is 34.5. The molecule has 0 bridgehead atoms. The van der Waals surface area contributed by atoms with Crippen LogP contribution >= 0.6 is 0 Å². The van der Waals surface area contributed by atoms with Crippen LogP contribution in [0.5, 0.6) is 5.75 Å². The van der Waals surface area contributed by atoms with Crippen molar-refractivity contribution in [2.45, 2.75) is 114 Å². The summed E-state index contributed by atoms with van der Waals surface area (Å²) in [5, 5.41) is 90.5. The van der Waals surface area contributed by atoms with Crippen molar-refractivity contribution in [3.05, 3.63) is 52.1 Å². The van der Waals surface area contributed by atoms with E-state index in [2.05, 4.69) is 43.1 Å². The van der Waals surface area contributed by atoms with E-state index >= 15 is 0 Å². The lowest BCUT2D eigenvalue weighted by Crippen LogP contribution is -2.51. The molecule has 4 aliphatic carbocycles. The topological polar surface area (TPSA) is 12.5 Å². The quantitative estimate of drug-likeness (QED) is 0.0666. The summed E-state index contributed by atoms with van der Waals surface area (Å²) < 4.78 is 6.79. The minimum Gasteiger partial charge on any atom is -0.494 e. The number of unbranched alkanes of at least 4 members (excludes halogenated alkanes) is 13. The van der Waals surface area contributed by atoms with E-state index < -0.39 is 0 Å². The van der Waals surface area contributed by atoms with Crippen LogP contribution in [0.4, 0.5) is 0 Å². The zero-order valence-corrected chi connectivity index (χ0v) is 48.1. The highest BCUT2D eigenvalue weighted by Crippen LogP contribution is 2.87. The maximum atomic E-state index is 6.79. The van der Waals surface area contributed by atoms with Gasteiger partial charge in [0.05, 0.1) is 17.4 Å². The molecule has 2 nitrogen and oxygen atoms in total. The highest BCUT2D eigenvalue weighted by molar-refractivity contribution is 6.82. The van der Waals surface area contributed by atoms with Crippen molar-refractivity contribution in [1.29, 1.82) is 0 Å². The Morgan fingerprint density at radius 1 is 0.287 bits per heavy atom. The van der Waals surface area contributed by atoms with Gasteiger partial charge in [-0.2, -0.15) is 0 Å². The fraction of sp³-hybridized carbons (Fsp3) is 0.247. The lowest BCUT2D eigenvalue weighted by Gasteiger charge is -2.52. The van der Waals surface area contributed by atoms with E-state index in [1.54, 1.807) is 313 Å². The van der Waals surface area contributed by atoms with Crippen LogP contribution in [-0.2, 0) is 10.8 Å². The highest BCUT2D eigenvalue weighted by Gasteiger charge is 2.76. The number of likely N-dealkylation sites (tertiary alicyclic amines) is 1. The summed E-state index contributed by atoms with van der Waals surface area (Å²) in [7, 11) is 2.59. The fourth-order valence-corrected chi connectivity index (χ4v) is 28.8. The fourth-order valence-electron chi connectivity index (χ4n) is 28.8. The first-order chi connectivity index (χ1) is 43.3. The molecule has 29 aromatic carbocycles. The van der Waals surface area contributed by atoms with Crippen molar-refractivity contribution in [2.24, 2.45) is 0 Å². The smallest absolute Gasteiger partial charge is 0.119 e. The second-order valence-electron chi connectivity index (χ2n) is 31.8. The summed E-state index contributed by atoms with van der Waals surface area (Å²) in [5.74, 6) is 1.04. The number of nitrogens with zero attached hydrogens (tertiary/aromatic N) is 1. The largest absolute Gasteiger partial charge is 0.494 e. The minimum absolute atomic E-state index is 0.132. The van der Waals surface area contributed by atoms with Crippen LogP contribution in [-0.4, -0.2) is 25.1 Å². The number of hydrogen-bond donors (Lipinski definition) is 0. The molecule has 0 N–H and O–H groups in total. The van der Waals surface area contributed by atoms with Crippen LogP contribution in [0.3, 0.4) is 0 Å². The lowest BCUT2D eigenvalue weighted by atomic mass is 9.47. The van der Waals surface area contributed by atoms with E-state index in [-0.39, 0.29) is 16.9 Å². The molecule has 1 heterocycles. The van der Waals surface area contributed by atoms with Gasteiger partial charge in [0.2, 0.25) is 0 Å². The summed E-state index contributed by atoms with van der Waals surface area (Å²) in [5.41, 5.74) is 7.95. The van der Waals surface area contributed by atoms with Gasteiger partial charge < -0.3 is 4.74 Å². The summed E-state index contributed by atoms with van der Waals surface area (Å²) in [6.07, 6.45) is 19.3. The van der Waals surface area contributed by atoms with E-state index in [9.17, 15) is 0 Å². The van der Waals surface area contributed by atoms with E-state index in [1.807, 2.05) is 0 Å². The Morgan fingerprint density at radius 2 is 0.506 bits per heavy atom. The summed E-state index contributed by atoms with van der Waals surface area (Å²) >= 11 is 0. The average Bonchev–Trinajstić information content (AvgIpc) is 1.38. The van der Waals surface area contributed by atoms with Crippen LogP contribution in [0.15, 0.2) is 24.3 Å². The van der Waals surface area contributed by atoms with Gasteiger partial charge in [0.25, 0.3) is 0 Å². The molecule has 5 aliphatic rings. The van der Waals surface area contributed by atoms with Crippen LogP contribution in [0.2, 0.25) is 0 Å². The number of rotatable bonds is 17. The maximum absolute atomic E-state index is 6.79. The van der Waals surface area contributed by atoms with Gasteiger partial charge in [-0.25, -0.2) is 0 Å². The van der Waals surface area contributed by atoms with Gasteiger partial charge in [0.15, 0.2) is 0 Å². The second kappa shape index (κ2) is 10.2. The minimum atomic E-state index is -0.344. The Labute approximate surface area is 489 Å². The van der Waals surface area contributed by atoms with Gasteiger partial charge in [-0.3, -0.25) is 4.90 Å². The predicted molar refractivity (Wildman–Crippen MR) is 371 cm³/mol. The van der Waals surface area contributed by atoms with Crippen LogP contribution in [0, 0.1) is 0 Å². The molecule has 0 radical (unpaired) electrons. The molecule has 0 saturated carbocycles. The van der Waals surface area contributed by atoms with Crippen molar-refractivity contribution in [2.75, 3.05) is 20.2 Å². The molecule has 1 fully saturated rings. The molecule has 1 unspecified atom stereocenters. The molecule has 87 heavy (non-hydrogen) atoms. The van der Waals surface area contributed by atoms with E-state index in [0.29, 0.717) is 0 Å². The van der Waals surface area contributed by atoms with Crippen molar-refractivity contribution in [1.82, 2.24) is 4.90 Å². The van der Waals surface area contributed by atoms with Gasteiger partial charge in [-0.15, -0.1) is 0 Å². The molecule has 29 aromatic rings. The zero-order valence-electron chi connectivity index (χ0n) is 48.1. The van der Waals surface area contributed by atoms with Crippen molar-refractivity contribution < 1.29 is 4.74 Å². The Kier molecular flexibility index (Phi) is 4.53. The number of benzene rings is 19. The third-order valence-electron chi connectivity index (χ3n) is 29.9. The maximum Gasteiger partial charge on any atom is 0.119 e.